The summed E-state index contributed by atoms with van der Waals surface area (Å²) < 4.78 is 36.8. The number of amides is 1. The van der Waals surface area contributed by atoms with Gasteiger partial charge in [-0.15, -0.1) is 10.1 Å². The topological polar surface area (TPSA) is 134 Å². The Morgan fingerprint density at radius 2 is 1.85 bits per heavy atom. The van der Waals surface area contributed by atoms with Gasteiger partial charge in [-0.3, -0.25) is 14.4 Å². The van der Waals surface area contributed by atoms with Crippen LogP contribution in [0.3, 0.4) is 0 Å². The molecule has 1 aliphatic carbocycles. The van der Waals surface area contributed by atoms with Gasteiger partial charge in [-0.1, -0.05) is 61.0 Å². The number of unbranched alkanes of at least 4 members (excludes halogenated alkanes) is 2. The van der Waals surface area contributed by atoms with Gasteiger partial charge in [0.05, 0.1) is 13.2 Å². The molecule has 0 aliphatic heterocycles. The summed E-state index contributed by atoms with van der Waals surface area (Å²) in [7, 11) is 0. The molecule has 260 valence electrons. The van der Waals surface area contributed by atoms with Crippen molar-refractivity contribution in [3.8, 4) is 5.75 Å². The quantitative estimate of drug-likeness (QED) is 0.0504. The van der Waals surface area contributed by atoms with E-state index in [0.717, 1.165) is 25.7 Å². The SMILES string of the molecule is C/C=C\CCCC(=O)SCC(C)NC(C)=O.FCC(F)(/C=C/C1CCCC1)COc1ccccc1.O=COCCCCO[N+](=O)[O-]. The van der Waals surface area contributed by atoms with Crippen molar-refractivity contribution in [2.75, 3.05) is 32.2 Å². The van der Waals surface area contributed by atoms with Gasteiger partial charge in [0.1, 0.15) is 19.0 Å². The summed E-state index contributed by atoms with van der Waals surface area (Å²) >= 11 is 1.31. The Morgan fingerprint density at radius 3 is 2.43 bits per heavy atom. The molecule has 1 N–H and O–H groups in total. The van der Waals surface area contributed by atoms with Crippen molar-refractivity contribution in [3.05, 3.63) is 64.8 Å². The highest BCUT2D eigenvalue weighted by molar-refractivity contribution is 8.13. The number of hydrogen-bond acceptors (Lipinski definition) is 9. The van der Waals surface area contributed by atoms with Gasteiger partial charge in [0.2, 0.25) is 5.91 Å². The Hall–Kier alpha value is -3.48. The molecular formula is C33H50F2N2O8S. The summed E-state index contributed by atoms with van der Waals surface area (Å²) in [6, 6.07) is 8.99. The predicted molar refractivity (Wildman–Crippen MR) is 176 cm³/mol. The fraction of sp³-hybridized carbons (Fsp3) is 0.606. The molecule has 2 rings (SSSR count). The van der Waals surface area contributed by atoms with Gasteiger partial charge in [0, 0.05) is 25.1 Å². The van der Waals surface area contributed by atoms with Crippen LogP contribution in [0.25, 0.3) is 0 Å². The number of thioether (sulfide) groups is 1. The van der Waals surface area contributed by atoms with E-state index in [9.17, 15) is 33.3 Å². The molecule has 0 heterocycles. The molecule has 1 saturated carbocycles. The molecule has 46 heavy (non-hydrogen) atoms. The Morgan fingerprint density at radius 1 is 1.17 bits per heavy atom. The van der Waals surface area contributed by atoms with Crippen molar-refractivity contribution in [1.82, 2.24) is 5.32 Å². The standard InChI is InChI=1S/C16H20F2O.C12H21NO2S.C5H9NO5/c17-12-16(18,11-10-14-6-4-5-7-14)13-19-15-8-2-1-3-9-15;1-4-5-6-7-8-12(15)16-9-10(2)13-11(3)14;7-5-10-3-1-2-4-11-6(8)9/h1-3,8-11,14H,4-7,12-13H2;4-5,10H,6-9H2,1-3H3,(H,13,14);5H,1-4H2/b11-10+;5-4-;. The number of benzene rings is 1. The van der Waals surface area contributed by atoms with Crippen LogP contribution < -0.4 is 10.1 Å². The number of nitrogens with zero attached hydrogens (tertiary/aromatic N) is 1. The van der Waals surface area contributed by atoms with E-state index in [1.165, 1.54) is 37.6 Å². The van der Waals surface area contributed by atoms with E-state index in [2.05, 4.69) is 21.0 Å². The van der Waals surface area contributed by atoms with E-state index in [1.807, 2.05) is 32.1 Å². The summed E-state index contributed by atoms with van der Waals surface area (Å²) in [5.41, 5.74) is -2.02. The van der Waals surface area contributed by atoms with Crippen molar-refractivity contribution < 1.29 is 42.6 Å². The van der Waals surface area contributed by atoms with Crippen LogP contribution in [0, 0.1) is 16.0 Å². The Bertz CT molecular complexity index is 1030. The summed E-state index contributed by atoms with van der Waals surface area (Å²) in [6.45, 7) is 4.71. The van der Waals surface area contributed by atoms with Gasteiger partial charge in [0.25, 0.3) is 11.6 Å². The van der Waals surface area contributed by atoms with Gasteiger partial charge in [-0.25, -0.2) is 8.78 Å². The minimum absolute atomic E-state index is 0.0476. The molecule has 10 nitrogen and oxygen atoms in total. The second kappa shape index (κ2) is 27.8. The van der Waals surface area contributed by atoms with E-state index in [-0.39, 0.29) is 36.9 Å². The summed E-state index contributed by atoms with van der Waals surface area (Å²) in [4.78, 5) is 45.3. The Kier molecular flexibility index (Phi) is 25.7. The third-order valence-corrected chi connectivity index (χ3v) is 7.56. The van der Waals surface area contributed by atoms with Crippen molar-refractivity contribution in [1.29, 1.82) is 0 Å². The average Bonchev–Trinajstić information content (AvgIpc) is 3.57. The molecular weight excluding hydrogens is 622 g/mol. The highest BCUT2D eigenvalue weighted by atomic mass is 32.2. The summed E-state index contributed by atoms with van der Waals surface area (Å²) in [6.07, 6.45) is 15.3. The lowest BCUT2D eigenvalue weighted by Gasteiger charge is -2.19. The number of hydrogen-bond donors (Lipinski definition) is 1. The molecule has 0 bridgehead atoms. The number of carbonyl (C=O) groups excluding carboxylic acids is 3. The first kappa shape index (κ1) is 42.5. The molecule has 1 aromatic rings. The van der Waals surface area contributed by atoms with Crippen LogP contribution in [0.2, 0.25) is 0 Å². The number of para-hydroxylation sites is 1. The monoisotopic (exact) mass is 672 g/mol. The molecule has 0 radical (unpaired) electrons. The molecule has 2 unspecified atom stereocenters. The lowest BCUT2D eigenvalue weighted by Crippen LogP contribution is -2.32. The maximum Gasteiger partial charge on any atom is 0.294 e. The lowest BCUT2D eigenvalue weighted by atomic mass is 10.0. The number of ether oxygens (including phenoxy) is 2. The molecule has 2 atom stereocenters. The zero-order valence-electron chi connectivity index (χ0n) is 27.2. The number of nitrogens with one attached hydrogen (secondary N) is 1. The zero-order valence-corrected chi connectivity index (χ0v) is 28.0. The highest BCUT2D eigenvalue weighted by Gasteiger charge is 2.28. The van der Waals surface area contributed by atoms with Crippen molar-refractivity contribution in [3.63, 3.8) is 0 Å². The van der Waals surface area contributed by atoms with E-state index in [1.54, 1.807) is 24.3 Å². The van der Waals surface area contributed by atoms with Crippen LogP contribution in [0.4, 0.5) is 8.78 Å². The van der Waals surface area contributed by atoms with Gasteiger partial charge < -0.3 is 19.6 Å². The fourth-order valence-electron chi connectivity index (χ4n) is 3.99. The maximum atomic E-state index is 14.3. The van der Waals surface area contributed by atoms with Gasteiger partial charge in [-0.05, 0) is 76.5 Å². The first-order valence-corrected chi connectivity index (χ1v) is 16.5. The second-order valence-corrected chi connectivity index (χ2v) is 11.7. The summed E-state index contributed by atoms with van der Waals surface area (Å²) in [5, 5.41) is 11.7. The van der Waals surface area contributed by atoms with Gasteiger partial charge in [0.15, 0.2) is 10.8 Å². The number of rotatable bonds is 20. The van der Waals surface area contributed by atoms with Crippen molar-refractivity contribution in [2.45, 2.75) is 90.3 Å². The smallest absolute Gasteiger partial charge is 0.294 e. The number of alkyl halides is 2. The number of halogens is 2. The van der Waals surface area contributed by atoms with Crippen LogP contribution >= 0.6 is 11.8 Å². The van der Waals surface area contributed by atoms with Gasteiger partial charge >= 0.3 is 0 Å². The van der Waals surface area contributed by atoms with Crippen LogP contribution in [0.5, 0.6) is 5.75 Å². The van der Waals surface area contributed by atoms with Crippen LogP contribution in [0.1, 0.15) is 78.6 Å². The van der Waals surface area contributed by atoms with Crippen LogP contribution in [0.15, 0.2) is 54.6 Å². The van der Waals surface area contributed by atoms with E-state index >= 15 is 0 Å². The molecule has 13 heteroatoms. The van der Waals surface area contributed by atoms with E-state index < -0.39 is 17.4 Å². The molecule has 1 amide bonds. The van der Waals surface area contributed by atoms with Crippen LogP contribution in [-0.4, -0.2) is 66.5 Å². The third-order valence-electron chi connectivity index (χ3n) is 6.36. The number of carbonyl (C=O) groups is 3. The zero-order chi connectivity index (χ0) is 34.5. The van der Waals surface area contributed by atoms with Gasteiger partial charge in [-0.2, -0.15) is 0 Å². The number of allylic oxidation sites excluding steroid dienone is 3. The summed E-state index contributed by atoms with van der Waals surface area (Å²) in [5.74, 6) is 1.57. The molecule has 1 aromatic carbocycles. The minimum Gasteiger partial charge on any atom is -0.490 e. The van der Waals surface area contributed by atoms with Crippen LogP contribution in [-0.2, 0) is 24.0 Å². The molecule has 0 aromatic heterocycles. The Balaban J connectivity index is 0.000000687. The Labute approximate surface area is 275 Å². The average molecular weight is 673 g/mol. The maximum absolute atomic E-state index is 14.3. The van der Waals surface area contributed by atoms with E-state index in [0.29, 0.717) is 43.2 Å². The molecule has 1 fully saturated rings. The van der Waals surface area contributed by atoms with Crippen molar-refractivity contribution >= 4 is 29.3 Å². The molecule has 0 saturated heterocycles. The molecule has 1 aliphatic rings. The fourth-order valence-corrected chi connectivity index (χ4v) is 4.80. The predicted octanol–water partition coefficient (Wildman–Crippen LogP) is 7.15. The highest BCUT2D eigenvalue weighted by Crippen LogP contribution is 2.27. The third kappa shape index (κ3) is 25.8. The normalized spacial score (nSPS) is 14.6. The second-order valence-electron chi connectivity index (χ2n) is 10.7. The first-order valence-electron chi connectivity index (χ1n) is 15.5. The van der Waals surface area contributed by atoms with E-state index in [4.69, 9.17) is 4.74 Å². The van der Waals surface area contributed by atoms with Crippen molar-refractivity contribution in [2.24, 2.45) is 5.92 Å². The first-order chi connectivity index (χ1) is 22.0. The largest absolute Gasteiger partial charge is 0.490 e. The lowest BCUT2D eigenvalue weighted by molar-refractivity contribution is -0.757. The molecule has 0 spiro atoms. The minimum atomic E-state index is -2.02.